The second kappa shape index (κ2) is 3.24. The second-order valence-corrected chi connectivity index (χ2v) is 4.61. The molecule has 1 aliphatic carbocycles. The standard InChI is InChI=1S/C18H10/c1-2-12-9-10-14-15-7-3-5-13-6-4-8-16(18(13)15)17(14)11-12/h1,3-11H. The maximum atomic E-state index is 5.50. The van der Waals surface area contributed by atoms with Gasteiger partial charge in [-0.05, 0) is 45.2 Å². The van der Waals surface area contributed by atoms with Gasteiger partial charge in [0, 0.05) is 5.56 Å². The highest BCUT2D eigenvalue weighted by Gasteiger charge is 2.20. The van der Waals surface area contributed by atoms with Crippen LogP contribution >= 0.6 is 0 Å². The van der Waals surface area contributed by atoms with E-state index < -0.39 is 0 Å². The van der Waals surface area contributed by atoms with Crippen LogP contribution in [-0.4, -0.2) is 0 Å². The van der Waals surface area contributed by atoms with Gasteiger partial charge in [-0.2, -0.15) is 0 Å². The van der Waals surface area contributed by atoms with Crippen molar-refractivity contribution in [2.45, 2.75) is 0 Å². The third-order valence-electron chi connectivity index (χ3n) is 3.67. The van der Waals surface area contributed by atoms with Gasteiger partial charge >= 0.3 is 0 Å². The molecule has 82 valence electrons. The normalized spacial score (nSPS) is 11.3. The van der Waals surface area contributed by atoms with Crippen molar-refractivity contribution in [3.05, 3.63) is 60.2 Å². The Labute approximate surface area is 106 Å². The van der Waals surface area contributed by atoms with Crippen molar-refractivity contribution in [3.63, 3.8) is 0 Å². The van der Waals surface area contributed by atoms with Crippen molar-refractivity contribution in [1.82, 2.24) is 0 Å². The van der Waals surface area contributed by atoms with E-state index in [1.54, 1.807) is 0 Å². The average molecular weight is 226 g/mol. The predicted octanol–water partition coefficient (Wildman–Crippen LogP) is 4.47. The Morgan fingerprint density at radius 3 is 2.17 bits per heavy atom. The van der Waals surface area contributed by atoms with E-state index in [1.165, 1.54) is 33.0 Å². The number of hydrogen-bond acceptors (Lipinski definition) is 0. The Morgan fingerprint density at radius 1 is 0.722 bits per heavy atom. The number of benzene rings is 3. The molecule has 0 aliphatic heterocycles. The summed E-state index contributed by atoms with van der Waals surface area (Å²) in [6.45, 7) is 0. The third-order valence-corrected chi connectivity index (χ3v) is 3.67. The zero-order valence-electron chi connectivity index (χ0n) is 9.77. The lowest BCUT2D eigenvalue weighted by molar-refractivity contribution is 1.64. The lowest BCUT2D eigenvalue weighted by Gasteiger charge is -2.01. The summed E-state index contributed by atoms with van der Waals surface area (Å²) in [6, 6.07) is 19.2. The molecule has 0 bridgehead atoms. The first kappa shape index (κ1) is 9.50. The molecular weight excluding hydrogens is 216 g/mol. The minimum atomic E-state index is 0.943. The Bertz CT molecular complexity index is 827. The molecule has 4 rings (SSSR count). The van der Waals surface area contributed by atoms with Crippen molar-refractivity contribution >= 4 is 10.8 Å². The van der Waals surface area contributed by atoms with Gasteiger partial charge in [0.2, 0.25) is 0 Å². The third kappa shape index (κ3) is 1.06. The molecule has 0 spiro atoms. The first-order valence-corrected chi connectivity index (χ1v) is 6.01. The van der Waals surface area contributed by atoms with E-state index in [-0.39, 0.29) is 0 Å². The van der Waals surface area contributed by atoms with Crippen LogP contribution in [0.4, 0.5) is 0 Å². The number of terminal acetylenes is 1. The molecule has 0 fully saturated rings. The van der Waals surface area contributed by atoms with Crippen LogP contribution in [0, 0.1) is 12.3 Å². The molecule has 0 heteroatoms. The monoisotopic (exact) mass is 226 g/mol. The number of rotatable bonds is 0. The maximum absolute atomic E-state index is 5.50. The molecule has 18 heavy (non-hydrogen) atoms. The van der Waals surface area contributed by atoms with Gasteiger partial charge in [0.25, 0.3) is 0 Å². The zero-order valence-corrected chi connectivity index (χ0v) is 9.77. The summed E-state index contributed by atoms with van der Waals surface area (Å²) in [5.74, 6) is 2.72. The first-order valence-electron chi connectivity index (χ1n) is 6.01. The molecular formula is C18H10. The van der Waals surface area contributed by atoms with Crippen LogP contribution in [0.5, 0.6) is 0 Å². The van der Waals surface area contributed by atoms with E-state index >= 15 is 0 Å². The quantitative estimate of drug-likeness (QED) is 0.388. The molecule has 0 atom stereocenters. The summed E-state index contributed by atoms with van der Waals surface area (Å²) in [5, 5.41) is 2.65. The zero-order chi connectivity index (χ0) is 12.1. The lowest BCUT2D eigenvalue weighted by atomic mass is 10.0. The lowest BCUT2D eigenvalue weighted by Crippen LogP contribution is -1.79. The van der Waals surface area contributed by atoms with Gasteiger partial charge in [-0.15, -0.1) is 6.42 Å². The summed E-state index contributed by atoms with van der Waals surface area (Å²) >= 11 is 0. The van der Waals surface area contributed by atoms with E-state index in [4.69, 9.17) is 6.42 Å². The number of fused-ring (bicyclic) bond motifs is 3. The van der Waals surface area contributed by atoms with Crippen LogP contribution in [0.2, 0.25) is 0 Å². The van der Waals surface area contributed by atoms with Crippen molar-refractivity contribution in [2.24, 2.45) is 0 Å². The summed E-state index contributed by atoms with van der Waals surface area (Å²) in [7, 11) is 0. The fourth-order valence-corrected chi connectivity index (χ4v) is 2.88. The molecule has 0 aromatic heterocycles. The van der Waals surface area contributed by atoms with E-state index in [2.05, 4.69) is 54.5 Å². The molecule has 3 aromatic carbocycles. The average Bonchev–Trinajstić information content (AvgIpc) is 2.76. The van der Waals surface area contributed by atoms with Gasteiger partial charge in [-0.3, -0.25) is 0 Å². The van der Waals surface area contributed by atoms with Gasteiger partial charge < -0.3 is 0 Å². The van der Waals surface area contributed by atoms with E-state index in [0.717, 1.165) is 5.56 Å². The van der Waals surface area contributed by atoms with Crippen LogP contribution in [-0.2, 0) is 0 Å². The molecule has 0 unspecified atom stereocenters. The molecule has 0 amide bonds. The Hall–Kier alpha value is -2.52. The highest BCUT2D eigenvalue weighted by molar-refractivity contribution is 6.15. The smallest absolute Gasteiger partial charge is 0.0249 e. The summed E-state index contributed by atoms with van der Waals surface area (Å²) < 4.78 is 0. The minimum Gasteiger partial charge on any atom is -0.115 e. The molecule has 0 N–H and O–H groups in total. The largest absolute Gasteiger partial charge is 0.115 e. The number of hydrogen-bond donors (Lipinski definition) is 0. The molecule has 0 heterocycles. The minimum absolute atomic E-state index is 0.943. The van der Waals surface area contributed by atoms with Crippen LogP contribution in [0.25, 0.3) is 33.0 Å². The van der Waals surface area contributed by atoms with Crippen LogP contribution < -0.4 is 0 Å². The van der Waals surface area contributed by atoms with Gasteiger partial charge in [-0.25, -0.2) is 0 Å². The molecule has 1 aliphatic rings. The van der Waals surface area contributed by atoms with E-state index in [0.29, 0.717) is 0 Å². The van der Waals surface area contributed by atoms with Crippen LogP contribution in [0.15, 0.2) is 54.6 Å². The second-order valence-electron chi connectivity index (χ2n) is 4.61. The van der Waals surface area contributed by atoms with Gasteiger partial charge in [-0.1, -0.05) is 48.4 Å². The Balaban J connectivity index is 2.21. The summed E-state index contributed by atoms with van der Waals surface area (Å²) in [4.78, 5) is 0. The van der Waals surface area contributed by atoms with Crippen molar-refractivity contribution in [1.29, 1.82) is 0 Å². The highest BCUT2D eigenvalue weighted by atomic mass is 14.2. The fraction of sp³-hybridized carbons (Fsp3) is 0. The maximum Gasteiger partial charge on any atom is 0.0249 e. The fourth-order valence-electron chi connectivity index (χ4n) is 2.88. The first-order chi connectivity index (χ1) is 8.88. The topological polar surface area (TPSA) is 0 Å². The summed E-state index contributed by atoms with van der Waals surface area (Å²) in [5.41, 5.74) is 6.12. The predicted molar refractivity (Wildman–Crippen MR) is 76.3 cm³/mol. The molecule has 3 aromatic rings. The molecule has 0 saturated carbocycles. The highest BCUT2D eigenvalue weighted by Crippen LogP contribution is 2.46. The van der Waals surface area contributed by atoms with Crippen LogP contribution in [0.3, 0.4) is 0 Å². The van der Waals surface area contributed by atoms with Crippen molar-refractivity contribution < 1.29 is 0 Å². The van der Waals surface area contributed by atoms with Gasteiger partial charge in [0.05, 0.1) is 0 Å². The molecule has 0 radical (unpaired) electrons. The van der Waals surface area contributed by atoms with Crippen LogP contribution in [0.1, 0.15) is 5.56 Å². The van der Waals surface area contributed by atoms with Gasteiger partial charge in [0.1, 0.15) is 0 Å². The molecule has 0 nitrogen and oxygen atoms in total. The van der Waals surface area contributed by atoms with Crippen molar-refractivity contribution in [3.8, 4) is 34.6 Å². The van der Waals surface area contributed by atoms with E-state index in [9.17, 15) is 0 Å². The van der Waals surface area contributed by atoms with Crippen molar-refractivity contribution in [2.75, 3.05) is 0 Å². The SMILES string of the molecule is C#Cc1ccc2c(c1)-c1cccc3cccc-2c13. The van der Waals surface area contributed by atoms with Gasteiger partial charge in [0.15, 0.2) is 0 Å². The Kier molecular flexibility index (Phi) is 1.71. The molecule has 0 saturated heterocycles. The summed E-state index contributed by atoms with van der Waals surface area (Å²) in [6.07, 6.45) is 5.50. The van der Waals surface area contributed by atoms with E-state index in [1.807, 2.05) is 6.07 Å². The Morgan fingerprint density at radius 2 is 1.44 bits per heavy atom.